The highest BCUT2D eigenvalue weighted by Gasteiger charge is 2.98. The number of hydrogen-bond donors (Lipinski definition) is 0. The van der Waals surface area contributed by atoms with Gasteiger partial charge in [0.2, 0.25) is 0 Å². The first-order valence-electron chi connectivity index (χ1n) is 10.7. The minimum absolute atomic E-state index is 0.0933. The molecule has 0 N–H and O–H groups in total. The summed E-state index contributed by atoms with van der Waals surface area (Å²) in [6, 6.07) is 0. The average molecular weight is 340 g/mol. The summed E-state index contributed by atoms with van der Waals surface area (Å²) in [5, 5.41) is 0. The number of rotatable bonds is 1. The molecule has 10 fully saturated rings. The lowest BCUT2D eigenvalue weighted by Crippen LogP contribution is -2.73. The second-order valence-corrected chi connectivity index (χ2v) is 10.9. The molecule has 2 saturated heterocycles. The van der Waals surface area contributed by atoms with Gasteiger partial charge in [-0.2, -0.15) is 0 Å². The van der Waals surface area contributed by atoms with Crippen molar-refractivity contribution in [3.05, 3.63) is 0 Å². The lowest BCUT2D eigenvalue weighted by Gasteiger charge is -2.62. The molecule has 1 spiro atoms. The van der Waals surface area contributed by atoms with Crippen molar-refractivity contribution in [2.75, 3.05) is 7.11 Å². The molecule has 2 heterocycles. The van der Waals surface area contributed by atoms with Crippen molar-refractivity contribution in [1.82, 2.24) is 0 Å². The molecule has 9 bridgehead atoms. The van der Waals surface area contributed by atoms with E-state index in [1.54, 1.807) is 0 Å². The molecule has 0 aromatic rings. The Bertz CT molecular complexity index is 780. The van der Waals surface area contributed by atoms with E-state index in [9.17, 15) is 4.79 Å². The Morgan fingerprint density at radius 2 is 1.60 bits per heavy atom. The van der Waals surface area contributed by atoms with Gasteiger partial charge in [-0.25, -0.2) is 0 Å². The Labute approximate surface area is 146 Å². The van der Waals surface area contributed by atoms with Gasteiger partial charge < -0.3 is 14.2 Å². The summed E-state index contributed by atoms with van der Waals surface area (Å²) in [5.41, 5.74) is -0.455. The summed E-state index contributed by atoms with van der Waals surface area (Å²) < 4.78 is 19.6. The minimum Gasteiger partial charge on any atom is -0.461 e. The molecule has 132 valence electrons. The third-order valence-electron chi connectivity index (χ3n) is 11.5. The van der Waals surface area contributed by atoms with Gasteiger partial charge in [0.25, 0.3) is 0 Å². The number of ether oxygens (including phenoxy) is 3. The Kier molecular flexibility index (Phi) is 1.64. The van der Waals surface area contributed by atoms with Crippen LogP contribution in [-0.2, 0) is 19.0 Å². The van der Waals surface area contributed by atoms with Crippen molar-refractivity contribution in [1.29, 1.82) is 0 Å². The lowest BCUT2D eigenvalue weighted by atomic mass is 9.52. The molecule has 10 rings (SSSR count). The molecular formula is C21H24O4. The summed E-state index contributed by atoms with van der Waals surface area (Å²) in [5.74, 6) is 6.89. The van der Waals surface area contributed by atoms with Crippen molar-refractivity contribution in [3.8, 4) is 0 Å². The first-order chi connectivity index (χ1) is 12.3. The fourth-order valence-electron chi connectivity index (χ4n) is 12.1. The van der Waals surface area contributed by atoms with Crippen molar-refractivity contribution in [2.24, 2.45) is 70.5 Å². The first kappa shape index (κ1) is 12.7. The van der Waals surface area contributed by atoms with Gasteiger partial charge in [0, 0.05) is 18.9 Å². The van der Waals surface area contributed by atoms with Crippen LogP contribution in [0.1, 0.15) is 25.7 Å². The molecule has 15 atom stereocenters. The van der Waals surface area contributed by atoms with Crippen LogP contribution in [0.3, 0.4) is 0 Å². The molecule has 25 heavy (non-hydrogen) atoms. The maximum atomic E-state index is 13.8. The maximum absolute atomic E-state index is 13.8. The average Bonchev–Trinajstić information content (AvgIpc) is 3.34. The van der Waals surface area contributed by atoms with Gasteiger partial charge in [0.1, 0.15) is 11.5 Å². The SMILES string of the molecule is CO[C@@]12O[C@@H]3CC[C@@H]4[C@@H]3[C@H]3[C@H]5[C@H]6[C@@H]([C@@H]7CC[C@@H]8OC(=O)[C@]1([C@H]6[C@@H]78)[C@@H]45)[C@H]32. The summed E-state index contributed by atoms with van der Waals surface area (Å²) in [4.78, 5) is 13.8. The van der Waals surface area contributed by atoms with E-state index in [4.69, 9.17) is 14.2 Å². The van der Waals surface area contributed by atoms with Crippen molar-refractivity contribution < 1.29 is 19.0 Å². The lowest BCUT2D eigenvalue weighted by molar-refractivity contribution is -0.389. The van der Waals surface area contributed by atoms with Gasteiger partial charge in [-0.1, -0.05) is 0 Å². The molecule has 4 heteroatoms. The second-order valence-electron chi connectivity index (χ2n) is 10.9. The quantitative estimate of drug-likeness (QED) is 0.686. The summed E-state index contributed by atoms with van der Waals surface area (Å²) >= 11 is 0. The fourth-order valence-corrected chi connectivity index (χ4v) is 12.1. The van der Waals surface area contributed by atoms with E-state index in [-0.39, 0.29) is 12.1 Å². The second kappa shape index (κ2) is 3.22. The highest BCUT2D eigenvalue weighted by atomic mass is 16.7. The number of carbonyl (C=O) groups is 1. The van der Waals surface area contributed by atoms with E-state index >= 15 is 0 Å². The van der Waals surface area contributed by atoms with Gasteiger partial charge in [-0.15, -0.1) is 0 Å². The molecule has 8 saturated carbocycles. The van der Waals surface area contributed by atoms with Crippen molar-refractivity contribution in [2.45, 2.75) is 43.7 Å². The number of carbonyl (C=O) groups excluding carboxylic acids is 1. The first-order valence-corrected chi connectivity index (χ1v) is 10.7. The Morgan fingerprint density at radius 1 is 0.840 bits per heavy atom. The molecule has 10 aliphatic rings. The van der Waals surface area contributed by atoms with E-state index in [1.807, 2.05) is 7.11 Å². The van der Waals surface area contributed by atoms with Gasteiger partial charge >= 0.3 is 5.97 Å². The zero-order chi connectivity index (χ0) is 16.0. The highest BCUT2D eigenvalue weighted by molar-refractivity contribution is 5.83. The summed E-state index contributed by atoms with van der Waals surface area (Å²) in [7, 11) is 1.84. The van der Waals surface area contributed by atoms with Crippen molar-refractivity contribution >= 4 is 5.97 Å². The molecule has 4 nitrogen and oxygen atoms in total. The van der Waals surface area contributed by atoms with Crippen LogP contribution < -0.4 is 0 Å². The third kappa shape index (κ3) is 0.818. The van der Waals surface area contributed by atoms with E-state index in [0.717, 1.165) is 41.9 Å². The Balaban J connectivity index is 1.45. The molecule has 0 aromatic carbocycles. The third-order valence-corrected chi connectivity index (χ3v) is 11.5. The fraction of sp³-hybridized carbons (Fsp3) is 0.952. The zero-order valence-electron chi connectivity index (χ0n) is 14.5. The number of methoxy groups -OCH3 is 1. The van der Waals surface area contributed by atoms with Gasteiger partial charge in [0.05, 0.1) is 6.10 Å². The number of esters is 1. The van der Waals surface area contributed by atoms with Crippen LogP contribution in [-0.4, -0.2) is 31.1 Å². The van der Waals surface area contributed by atoms with Crippen LogP contribution in [0.15, 0.2) is 0 Å². The molecule has 0 aromatic heterocycles. The molecule has 8 aliphatic carbocycles. The summed E-state index contributed by atoms with van der Waals surface area (Å²) in [6.45, 7) is 0. The molecule has 0 radical (unpaired) electrons. The van der Waals surface area contributed by atoms with E-state index < -0.39 is 11.2 Å². The predicted molar refractivity (Wildman–Crippen MR) is 83.8 cm³/mol. The monoisotopic (exact) mass is 340 g/mol. The minimum atomic E-state index is -0.649. The molecule has 0 unspecified atom stereocenters. The number of hydrogen-bond acceptors (Lipinski definition) is 4. The van der Waals surface area contributed by atoms with Gasteiger partial charge in [-0.05, 0) is 78.9 Å². The van der Waals surface area contributed by atoms with Gasteiger partial charge in [-0.3, -0.25) is 4.79 Å². The predicted octanol–water partition coefficient (Wildman–Crippen LogP) is 2.07. The van der Waals surface area contributed by atoms with Crippen LogP contribution >= 0.6 is 0 Å². The molecular weight excluding hydrogens is 316 g/mol. The Morgan fingerprint density at radius 3 is 2.48 bits per heavy atom. The van der Waals surface area contributed by atoms with Crippen LogP contribution in [0.25, 0.3) is 0 Å². The van der Waals surface area contributed by atoms with Gasteiger partial charge in [0.15, 0.2) is 5.79 Å². The molecule has 2 aliphatic heterocycles. The van der Waals surface area contributed by atoms with Crippen LogP contribution in [0.5, 0.6) is 0 Å². The topological polar surface area (TPSA) is 44.8 Å². The van der Waals surface area contributed by atoms with E-state index in [2.05, 4.69) is 0 Å². The largest absolute Gasteiger partial charge is 0.461 e. The van der Waals surface area contributed by atoms with E-state index in [1.165, 1.54) is 19.3 Å². The molecule has 0 amide bonds. The Hall–Kier alpha value is -0.610. The zero-order valence-corrected chi connectivity index (χ0v) is 14.5. The normalized spacial score (nSPS) is 79.1. The van der Waals surface area contributed by atoms with Crippen LogP contribution in [0, 0.1) is 70.5 Å². The van der Waals surface area contributed by atoms with Crippen LogP contribution in [0.4, 0.5) is 0 Å². The standard InChI is InChI=1S/C21H24O4/c1-23-21-18-12-6-2-4-8-11(6)17-14(12)15-13(18)10-7(3-5-9(10)25-21)16(15)20(17,21)19(22)24-8/h6-18H,2-5H2,1H3/t6-,7-,8+,9-,10+,11+,12-,13+,14-,15+,16+,17+,18-,20-,21+/m1/s1. The summed E-state index contributed by atoms with van der Waals surface area (Å²) in [6.07, 6.45) is 5.40. The highest BCUT2D eigenvalue weighted by Crippen LogP contribution is 2.93. The van der Waals surface area contributed by atoms with Crippen LogP contribution in [0.2, 0.25) is 0 Å². The van der Waals surface area contributed by atoms with Crippen molar-refractivity contribution in [3.63, 3.8) is 0 Å². The smallest absolute Gasteiger partial charge is 0.318 e. The maximum Gasteiger partial charge on any atom is 0.318 e. The van der Waals surface area contributed by atoms with E-state index in [0.29, 0.717) is 35.7 Å².